The molecule has 100 valence electrons. The molecule has 2 saturated carbocycles. The minimum Gasteiger partial charge on any atom is -0.309 e. The number of rotatable bonds is 5. The van der Waals surface area contributed by atoms with E-state index in [2.05, 4.69) is 19.2 Å². The smallest absolute Gasteiger partial charge is 0.0962 e. The molecule has 0 unspecified atom stereocenters. The Morgan fingerprint density at radius 3 is 2.56 bits per heavy atom. The first-order valence-corrected chi connectivity index (χ1v) is 8.28. The van der Waals surface area contributed by atoms with Crippen molar-refractivity contribution in [3.8, 4) is 0 Å². The van der Waals surface area contributed by atoms with Crippen LogP contribution in [0.1, 0.15) is 79.8 Å². The zero-order chi connectivity index (χ0) is 12.5. The highest BCUT2D eigenvalue weighted by Crippen LogP contribution is 2.43. The van der Waals surface area contributed by atoms with Crippen molar-refractivity contribution in [2.75, 3.05) is 0 Å². The van der Waals surface area contributed by atoms with Gasteiger partial charge in [-0.3, -0.25) is 0 Å². The average molecular weight is 264 g/mol. The summed E-state index contributed by atoms with van der Waals surface area (Å²) in [6.45, 7) is 5.58. The van der Waals surface area contributed by atoms with Gasteiger partial charge in [0.15, 0.2) is 0 Å². The maximum atomic E-state index is 4.90. The van der Waals surface area contributed by atoms with Crippen LogP contribution in [0.15, 0.2) is 0 Å². The van der Waals surface area contributed by atoms with Crippen LogP contribution in [-0.4, -0.2) is 11.0 Å². The zero-order valence-corrected chi connectivity index (χ0v) is 12.4. The minimum atomic E-state index is 0.564. The molecule has 3 rings (SSSR count). The molecule has 0 atom stereocenters. The molecule has 1 heterocycles. The Morgan fingerprint density at radius 2 is 1.94 bits per heavy atom. The molecule has 2 fully saturated rings. The van der Waals surface area contributed by atoms with Crippen LogP contribution in [0.3, 0.4) is 0 Å². The van der Waals surface area contributed by atoms with Gasteiger partial charge in [-0.15, -0.1) is 11.3 Å². The highest BCUT2D eigenvalue weighted by atomic mass is 32.1. The summed E-state index contributed by atoms with van der Waals surface area (Å²) in [5.41, 5.74) is 1.35. The van der Waals surface area contributed by atoms with Crippen molar-refractivity contribution in [1.82, 2.24) is 10.3 Å². The van der Waals surface area contributed by atoms with Gasteiger partial charge in [0.2, 0.25) is 0 Å². The predicted octanol–water partition coefficient (Wildman–Crippen LogP) is 4.18. The molecule has 0 aliphatic heterocycles. The summed E-state index contributed by atoms with van der Waals surface area (Å²) in [5.74, 6) is 1.36. The summed E-state index contributed by atoms with van der Waals surface area (Å²) in [7, 11) is 0. The van der Waals surface area contributed by atoms with Crippen molar-refractivity contribution >= 4 is 11.3 Å². The van der Waals surface area contributed by atoms with Crippen molar-refractivity contribution in [2.24, 2.45) is 0 Å². The lowest BCUT2D eigenvalue weighted by molar-refractivity contribution is 0.524. The first-order valence-electron chi connectivity index (χ1n) is 7.47. The molecule has 1 aromatic rings. The van der Waals surface area contributed by atoms with E-state index in [1.165, 1.54) is 54.1 Å². The quantitative estimate of drug-likeness (QED) is 0.863. The van der Waals surface area contributed by atoms with E-state index in [1.54, 1.807) is 0 Å². The van der Waals surface area contributed by atoms with Crippen LogP contribution in [0.5, 0.6) is 0 Å². The maximum Gasteiger partial charge on any atom is 0.0962 e. The Balaban J connectivity index is 1.68. The number of nitrogens with zero attached hydrogens (tertiary/aromatic N) is 1. The zero-order valence-electron chi connectivity index (χ0n) is 11.5. The predicted molar refractivity (Wildman–Crippen MR) is 77.3 cm³/mol. The van der Waals surface area contributed by atoms with Crippen molar-refractivity contribution < 1.29 is 0 Å². The second-order valence-electron chi connectivity index (χ2n) is 6.15. The van der Waals surface area contributed by atoms with Gasteiger partial charge in [0.25, 0.3) is 0 Å². The Morgan fingerprint density at radius 1 is 1.22 bits per heavy atom. The summed E-state index contributed by atoms with van der Waals surface area (Å²) < 4.78 is 0. The van der Waals surface area contributed by atoms with Gasteiger partial charge in [-0.25, -0.2) is 4.98 Å². The van der Waals surface area contributed by atoms with Crippen LogP contribution in [0.2, 0.25) is 0 Å². The number of hydrogen-bond acceptors (Lipinski definition) is 3. The van der Waals surface area contributed by atoms with Gasteiger partial charge >= 0.3 is 0 Å². The van der Waals surface area contributed by atoms with Crippen LogP contribution in [-0.2, 0) is 6.54 Å². The molecule has 2 aliphatic rings. The molecule has 3 heteroatoms. The Labute approximate surface area is 114 Å². The van der Waals surface area contributed by atoms with E-state index in [1.807, 2.05) is 11.3 Å². The first kappa shape index (κ1) is 12.6. The molecule has 2 nitrogen and oxygen atoms in total. The van der Waals surface area contributed by atoms with Crippen LogP contribution in [0.4, 0.5) is 0 Å². The third-order valence-corrected chi connectivity index (χ3v) is 5.36. The Bertz CT molecular complexity index is 401. The van der Waals surface area contributed by atoms with E-state index in [-0.39, 0.29) is 0 Å². The fourth-order valence-electron chi connectivity index (χ4n) is 2.83. The van der Waals surface area contributed by atoms with E-state index in [4.69, 9.17) is 4.98 Å². The van der Waals surface area contributed by atoms with Gasteiger partial charge in [0.1, 0.15) is 0 Å². The lowest BCUT2D eigenvalue weighted by Gasteiger charge is -2.12. The fourth-order valence-corrected chi connectivity index (χ4v) is 4.17. The average Bonchev–Trinajstić information content (AvgIpc) is 2.92. The summed E-state index contributed by atoms with van der Waals surface area (Å²) in [5, 5.41) is 5.14. The van der Waals surface area contributed by atoms with Gasteiger partial charge < -0.3 is 5.32 Å². The molecule has 0 aromatic carbocycles. The second-order valence-corrected chi connectivity index (χ2v) is 7.27. The molecule has 2 aliphatic carbocycles. The number of hydrogen-bond donors (Lipinski definition) is 1. The summed E-state index contributed by atoms with van der Waals surface area (Å²) >= 11 is 1.97. The highest BCUT2D eigenvalue weighted by molar-refractivity contribution is 7.11. The minimum absolute atomic E-state index is 0.564. The molecule has 1 aromatic heterocycles. The molecule has 0 amide bonds. The van der Waals surface area contributed by atoms with Crippen molar-refractivity contribution in [3.05, 3.63) is 15.6 Å². The second kappa shape index (κ2) is 5.30. The van der Waals surface area contributed by atoms with Gasteiger partial charge in [-0.05, 0) is 31.6 Å². The third kappa shape index (κ3) is 2.77. The Hall–Kier alpha value is -0.410. The van der Waals surface area contributed by atoms with Crippen molar-refractivity contribution in [2.45, 2.75) is 76.8 Å². The van der Waals surface area contributed by atoms with Crippen molar-refractivity contribution in [1.29, 1.82) is 0 Å². The molecule has 0 spiro atoms. The lowest BCUT2D eigenvalue weighted by atomic mass is 10.1. The SMILES string of the molecule is CC(C)c1nc(C2CC2)sc1CNC1CCCC1. The van der Waals surface area contributed by atoms with Crippen molar-refractivity contribution in [3.63, 3.8) is 0 Å². The monoisotopic (exact) mass is 264 g/mol. The van der Waals surface area contributed by atoms with Gasteiger partial charge in [-0.2, -0.15) is 0 Å². The summed E-state index contributed by atoms with van der Waals surface area (Å²) in [6.07, 6.45) is 8.27. The molecule has 0 saturated heterocycles. The fraction of sp³-hybridized carbons (Fsp3) is 0.800. The van der Waals surface area contributed by atoms with E-state index >= 15 is 0 Å². The van der Waals surface area contributed by atoms with Crippen LogP contribution >= 0.6 is 11.3 Å². The Kier molecular flexibility index (Phi) is 3.71. The molecular formula is C15H24N2S. The van der Waals surface area contributed by atoms with Gasteiger partial charge in [0, 0.05) is 23.4 Å². The van der Waals surface area contributed by atoms with Crippen LogP contribution < -0.4 is 5.32 Å². The summed E-state index contributed by atoms with van der Waals surface area (Å²) in [4.78, 5) is 6.39. The van der Waals surface area contributed by atoms with Crippen LogP contribution in [0, 0.1) is 0 Å². The normalized spacial score (nSPS) is 21.1. The molecule has 1 N–H and O–H groups in total. The molecular weight excluding hydrogens is 240 g/mol. The first-order chi connectivity index (χ1) is 8.74. The topological polar surface area (TPSA) is 24.9 Å². The van der Waals surface area contributed by atoms with Gasteiger partial charge in [-0.1, -0.05) is 26.7 Å². The summed E-state index contributed by atoms with van der Waals surface area (Å²) in [6, 6.07) is 0.761. The number of aromatic nitrogens is 1. The molecule has 18 heavy (non-hydrogen) atoms. The van der Waals surface area contributed by atoms with E-state index in [0.717, 1.165) is 18.5 Å². The maximum absolute atomic E-state index is 4.90. The van der Waals surface area contributed by atoms with E-state index in [0.29, 0.717) is 5.92 Å². The standard InChI is InChI=1S/C15H24N2S/c1-10(2)14-13(9-16-12-5-3-4-6-12)18-15(17-14)11-7-8-11/h10-12,16H,3-9H2,1-2H3. The number of nitrogens with one attached hydrogen (secondary N) is 1. The van der Waals surface area contributed by atoms with Gasteiger partial charge in [0.05, 0.1) is 10.7 Å². The third-order valence-electron chi connectivity index (χ3n) is 4.12. The number of thiazole rings is 1. The molecule has 0 radical (unpaired) electrons. The van der Waals surface area contributed by atoms with Crippen LogP contribution in [0.25, 0.3) is 0 Å². The molecule has 0 bridgehead atoms. The van der Waals surface area contributed by atoms with E-state index < -0.39 is 0 Å². The van der Waals surface area contributed by atoms with E-state index in [9.17, 15) is 0 Å². The largest absolute Gasteiger partial charge is 0.309 e. The lowest BCUT2D eigenvalue weighted by Crippen LogP contribution is -2.25. The highest BCUT2D eigenvalue weighted by Gasteiger charge is 2.29.